The van der Waals surface area contributed by atoms with Gasteiger partial charge in [-0.25, -0.2) is 5.10 Å². The summed E-state index contributed by atoms with van der Waals surface area (Å²) in [6.45, 7) is 3.26. The minimum absolute atomic E-state index is 0.0616. The SMILES string of the molecule is Cc1ccc(C(C)(O)CNC(=O)c2n[nH]c(=O)c3ccccc23)o1. The average molecular weight is 327 g/mol. The van der Waals surface area contributed by atoms with Gasteiger partial charge in [0.2, 0.25) is 0 Å². The van der Waals surface area contributed by atoms with Crippen LogP contribution in [0.15, 0.2) is 45.6 Å². The molecule has 0 bridgehead atoms. The maximum Gasteiger partial charge on any atom is 0.272 e. The number of hydrogen-bond acceptors (Lipinski definition) is 5. The monoisotopic (exact) mass is 327 g/mol. The third-order valence-corrected chi connectivity index (χ3v) is 3.78. The van der Waals surface area contributed by atoms with Gasteiger partial charge in [-0.15, -0.1) is 0 Å². The summed E-state index contributed by atoms with van der Waals surface area (Å²) in [6.07, 6.45) is 0. The highest BCUT2D eigenvalue weighted by atomic mass is 16.4. The Hall–Kier alpha value is -2.93. The standard InChI is InChI=1S/C17H17N3O4/c1-10-7-8-13(24-10)17(2,23)9-18-16(22)14-11-5-3-4-6-12(11)15(21)20-19-14/h3-8,23H,9H2,1-2H3,(H,18,22)(H,20,21). The number of amides is 1. The van der Waals surface area contributed by atoms with Crippen molar-refractivity contribution in [1.82, 2.24) is 15.5 Å². The normalized spacial score (nSPS) is 13.6. The van der Waals surface area contributed by atoms with Crippen molar-refractivity contribution in [2.24, 2.45) is 0 Å². The van der Waals surface area contributed by atoms with Gasteiger partial charge in [0, 0.05) is 5.39 Å². The highest BCUT2D eigenvalue weighted by molar-refractivity contribution is 6.04. The van der Waals surface area contributed by atoms with Gasteiger partial charge in [-0.2, -0.15) is 5.10 Å². The fraction of sp³-hybridized carbons (Fsp3) is 0.235. The van der Waals surface area contributed by atoms with E-state index >= 15 is 0 Å². The van der Waals surface area contributed by atoms with E-state index in [9.17, 15) is 14.7 Å². The van der Waals surface area contributed by atoms with Crippen molar-refractivity contribution in [1.29, 1.82) is 0 Å². The first kappa shape index (κ1) is 15.9. The predicted octanol–water partition coefficient (Wildman–Crippen LogP) is 1.46. The molecule has 124 valence electrons. The Morgan fingerprint density at radius 3 is 2.67 bits per heavy atom. The first-order valence-electron chi connectivity index (χ1n) is 7.43. The van der Waals surface area contributed by atoms with Crippen molar-refractivity contribution >= 4 is 16.7 Å². The van der Waals surface area contributed by atoms with Crippen LogP contribution in [0.1, 0.15) is 28.9 Å². The molecular weight excluding hydrogens is 310 g/mol. The lowest BCUT2D eigenvalue weighted by Gasteiger charge is -2.21. The summed E-state index contributed by atoms with van der Waals surface area (Å²) in [5, 5.41) is 20.1. The Bertz CT molecular complexity index is 956. The minimum atomic E-state index is -1.36. The van der Waals surface area contributed by atoms with Crippen molar-refractivity contribution < 1.29 is 14.3 Å². The molecule has 3 rings (SSSR count). The molecule has 3 aromatic rings. The number of carbonyl (C=O) groups excluding carboxylic acids is 1. The number of nitrogens with one attached hydrogen (secondary N) is 2. The quantitative estimate of drug-likeness (QED) is 0.672. The van der Waals surface area contributed by atoms with Crippen LogP contribution in [-0.4, -0.2) is 27.8 Å². The molecular formula is C17H17N3O4. The number of aliphatic hydroxyl groups is 1. The van der Waals surface area contributed by atoms with E-state index in [1.807, 2.05) is 0 Å². The number of H-pyrrole nitrogens is 1. The summed E-state index contributed by atoms with van der Waals surface area (Å²) >= 11 is 0. The molecule has 3 N–H and O–H groups in total. The summed E-state index contributed by atoms with van der Waals surface area (Å²) in [4.78, 5) is 24.2. The molecule has 0 aliphatic carbocycles. The summed E-state index contributed by atoms with van der Waals surface area (Å²) in [5.74, 6) is 0.537. The van der Waals surface area contributed by atoms with Gasteiger partial charge in [0.1, 0.15) is 17.1 Å². The molecule has 0 saturated carbocycles. The first-order chi connectivity index (χ1) is 11.4. The zero-order valence-electron chi connectivity index (χ0n) is 13.3. The molecule has 1 amide bonds. The third kappa shape index (κ3) is 2.93. The Morgan fingerprint density at radius 1 is 1.29 bits per heavy atom. The van der Waals surface area contributed by atoms with Crippen LogP contribution < -0.4 is 10.9 Å². The van der Waals surface area contributed by atoms with Crippen LogP contribution in [0.5, 0.6) is 0 Å². The summed E-state index contributed by atoms with van der Waals surface area (Å²) in [7, 11) is 0. The number of nitrogens with zero attached hydrogens (tertiary/aromatic N) is 1. The zero-order chi connectivity index (χ0) is 17.3. The molecule has 0 aliphatic rings. The zero-order valence-corrected chi connectivity index (χ0v) is 13.3. The summed E-state index contributed by atoms with van der Waals surface area (Å²) < 4.78 is 5.41. The number of hydrogen-bond donors (Lipinski definition) is 3. The second kappa shape index (κ2) is 5.93. The van der Waals surface area contributed by atoms with Gasteiger partial charge >= 0.3 is 0 Å². The number of fused-ring (bicyclic) bond motifs is 1. The maximum absolute atomic E-state index is 12.4. The lowest BCUT2D eigenvalue weighted by Crippen LogP contribution is -2.39. The number of furan rings is 1. The Morgan fingerprint density at radius 2 is 2.00 bits per heavy atom. The molecule has 0 aliphatic heterocycles. The number of aryl methyl sites for hydroxylation is 1. The van der Waals surface area contributed by atoms with E-state index in [0.29, 0.717) is 22.3 Å². The highest BCUT2D eigenvalue weighted by Crippen LogP contribution is 2.22. The van der Waals surface area contributed by atoms with E-state index in [2.05, 4.69) is 15.5 Å². The Kier molecular flexibility index (Phi) is 3.94. The third-order valence-electron chi connectivity index (χ3n) is 3.78. The topological polar surface area (TPSA) is 108 Å². The molecule has 2 aromatic heterocycles. The predicted molar refractivity (Wildman–Crippen MR) is 87.7 cm³/mol. The van der Waals surface area contributed by atoms with E-state index in [4.69, 9.17) is 4.42 Å². The van der Waals surface area contributed by atoms with Crippen molar-refractivity contribution in [2.75, 3.05) is 6.54 Å². The number of carbonyl (C=O) groups is 1. The molecule has 0 saturated heterocycles. The second-order valence-electron chi connectivity index (χ2n) is 5.81. The van der Waals surface area contributed by atoms with Crippen LogP contribution in [-0.2, 0) is 5.60 Å². The molecule has 0 radical (unpaired) electrons. The first-order valence-corrected chi connectivity index (χ1v) is 7.43. The molecule has 1 aromatic carbocycles. The molecule has 0 fully saturated rings. The van der Waals surface area contributed by atoms with Crippen LogP contribution >= 0.6 is 0 Å². The maximum atomic E-state index is 12.4. The van der Waals surface area contributed by atoms with Gasteiger partial charge in [0.25, 0.3) is 11.5 Å². The van der Waals surface area contributed by atoms with Crippen LogP contribution in [0.25, 0.3) is 10.8 Å². The lowest BCUT2D eigenvalue weighted by atomic mass is 10.0. The fourth-order valence-corrected chi connectivity index (χ4v) is 2.44. The van der Waals surface area contributed by atoms with E-state index < -0.39 is 11.5 Å². The molecule has 24 heavy (non-hydrogen) atoms. The van der Waals surface area contributed by atoms with Gasteiger partial charge in [-0.1, -0.05) is 18.2 Å². The van der Waals surface area contributed by atoms with Crippen LogP contribution in [0.3, 0.4) is 0 Å². The molecule has 1 atom stereocenters. The van der Waals surface area contributed by atoms with Crippen LogP contribution in [0, 0.1) is 6.92 Å². The van der Waals surface area contributed by atoms with E-state index in [1.54, 1.807) is 50.2 Å². The number of benzene rings is 1. The van der Waals surface area contributed by atoms with Crippen molar-refractivity contribution in [3.05, 3.63) is 64.0 Å². The van der Waals surface area contributed by atoms with Crippen molar-refractivity contribution in [3.63, 3.8) is 0 Å². The number of aromatic amines is 1. The lowest BCUT2D eigenvalue weighted by molar-refractivity contribution is 0.0323. The van der Waals surface area contributed by atoms with E-state index in [1.165, 1.54) is 0 Å². The molecule has 2 heterocycles. The Balaban J connectivity index is 1.83. The largest absolute Gasteiger partial charge is 0.463 e. The van der Waals surface area contributed by atoms with Crippen molar-refractivity contribution in [3.8, 4) is 0 Å². The van der Waals surface area contributed by atoms with Gasteiger partial charge in [-0.3, -0.25) is 9.59 Å². The fourth-order valence-electron chi connectivity index (χ4n) is 2.44. The summed E-state index contributed by atoms with van der Waals surface area (Å²) in [6, 6.07) is 10.1. The van der Waals surface area contributed by atoms with Gasteiger partial charge in [0.05, 0.1) is 11.9 Å². The highest BCUT2D eigenvalue weighted by Gasteiger charge is 2.28. The van der Waals surface area contributed by atoms with E-state index in [0.717, 1.165) is 0 Å². The van der Waals surface area contributed by atoms with Gasteiger partial charge in [0.15, 0.2) is 5.69 Å². The Labute approximate surface area is 137 Å². The van der Waals surface area contributed by atoms with Crippen LogP contribution in [0.4, 0.5) is 0 Å². The second-order valence-corrected chi connectivity index (χ2v) is 5.81. The van der Waals surface area contributed by atoms with Gasteiger partial charge in [-0.05, 0) is 32.0 Å². The average Bonchev–Trinajstić information content (AvgIpc) is 3.01. The molecule has 7 nitrogen and oxygen atoms in total. The van der Waals surface area contributed by atoms with E-state index in [-0.39, 0.29) is 17.8 Å². The minimum Gasteiger partial charge on any atom is -0.463 e. The van der Waals surface area contributed by atoms with Crippen molar-refractivity contribution in [2.45, 2.75) is 19.4 Å². The molecule has 1 unspecified atom stereocenters. The summed E-state index contributed by atoms with van der Waals surface area (Å²) in [5.41, 5.74) is -1.63. The number of rotatable bonds is 4. The molecule has 0 spiro atoms. The smallest absolute Gasteiger partial charge is 0.272 e. The van der Waals surface area contributed by atoms with Crippen LogP contribution in [0.2, 0.25) is 0 Å². The number of aromatic nitrogens is 2. The van der Waals surface area contributed by atoms with Gasteiger partial charge < -0.3 is 14.8 Å². The molecule has 7 heteroatoms.